The number of fused-ring (bicyclic) bond motifs is 1. The van der Waals surface area contributed by atoms with Gasteiger partial charge < -0.3 is 19.5 Å². The predicted octanol–water partition coefficient (Wildman–Crippen LogP) is 4.33. The van der Waals surface area contributed by atoms with E-state index in [0.717, 1.165) is 22.2 Å². The van der Waals surface area contributed by atoms with Gasteiger partial charge in [-0.2, -0.15) is 0 Å². The summed E-state index contributed by atoms with van der Waals surface area (Å²) in [5, 5.41) is 23.6. The summed E-state index contributed by atoms with van der Waals surface area (Å²) < 4.78 is 7.08. The highest BCUT2D eigenvalue weighted by Gasteiger charge is 2.53. The summed E-state index contributed by atoms with van der Waals surface area (Å²) in [4.78, 5) is 39.9. The van der Waals surface area contributed by atoms with Crippen LogP contribution in [0.3, 0.4) is 0 Å². The van der Waals surface area contributed by atoms with Crippen molar-refractivity contribution in [2.45, 2.75) is 91.9 Å². The molecule has 0 unspecified atom stereocenters. The molecule has 2 aliphatic carbocycles. The van der Waals surface area contributed by atoms with Crippen molar-refractivity contribution in [3.63, 3.8) is 0 Å². The van der Waals surface area contributed by atoms with E-state index in [1.165, 1.54) is 0 Å². The summed E-state index contributed by atoms with van der Waals surface area (Å²) in [6.07, 6.45) is -0.417. The number of carbonyl (C=O) groups excluding carboxylic acids is 3. The van der Waals surface area contributed by atoms with Gasteiger partial charge in [-0.25, -0.2) is 0 Å². The Kier molecular flexibility index (Phi) is 7.43. The molecule has 2 fully saturated rings. The van der Waals surface area contributed by atoms with Crippen LogP contribution < -0.4 is 0 Å². The third-order valence-electron chi connectivity index (χ3n) is 8.38. The summed E-state index contributed by atoms with van der Waals surface area (Å²) in [5.41, 5.74) is 1.61. The summed E-state index contributed by atoms with van der Waals surface area (Å²) in [6, 6.07) is 7.61. The molecule has 4 atom stereocenters. The molecule has 0 saturated heterocycles. The normalized spacial score (nSPS) is 27.6. The first-order chi connectivity index (χ1) is 17.3. The molecular weight excluding hydrogens is 470 g/mol. The molecule has 2 saturated carbocycles. The van der Waals surface area contributed by atoms with Crippen molar-refractivity contribution in [2.75, 3.05) is 6.61 Å². The van der Waals surface area contributed by atoms with E-state index in [4.69, 9.17) is 4.74 Å². The number of hydrogen-bond donors (Lipinski definition) is 2. The number of rotatable bonds is 6. The number of ether oxygens (including phenoxy) is 1. The molecule has 0 aliphatic heterocycles. The van der Waals surface area contributed by atoms with Crippen LogP contribution in [-0.4, -0.2) is 51.1 Å². The molecule has 4 rings (SSSR count). The Morgan fingerprint density at radius 2 is 1.51 bits per heavy atom. The van der Waals surface area contributed by atoms with Crippen molar-refractivity contribution >= 4 is 28.4 Å². The molecule has 0 spiro atoms. The molecule has 0 bridgehead atoms. The lowest BCUT2D eigenvalue weighted by atomic mass is 9.58. The lowest BCUT2D eigenvalue weighted by Crippen LogP contribution is -2.51. The number of aliphatic hydroxyl groups excluding tert-OH is 2. The van der Waals surface area contributed by atoms with Gasteiger partial charge in [0.05, 0.1) is 30.7 Å². The van der Waals surface area contributed by atoms with Gasteiger partial charge in [0, 0.05) is 35.4 Å². The molecule has 202 valence electrons. The molecule has 0 radical (unpaired) electrons. The lowest BCUT2D eigenvalue weighted by Gasteiger charge is -2.46. The topological polar surface area (TPSA) is 106 Å². The highest BCUT2D eigenvalue weighted by molar-refractivity contribution is 5.93. The van der Waals surface area contributed by atoms with E-state index in [9.17, 15) is 24.6 Å². The molecule has 1 aromatic heterocycles. The molecule has 7 nitrogen and oxygen atoms in total. The minimum atomic E-state index is -0.942. The maximum absolute atomic E-state index is 13.7. The number of nitrogens with zero attached hydrogens (tertiary/aromatic N) is 1. The van der Waals surface area contributed by atoms with Crippen LogP contribution in [0.5, 0.6) is 0 Å². The fourth-order valence-corrected chi connectivity index (χ4v) is 7.02. The van der Waals surface area contributed by atoms with Crippen molar-refractivity contribution in [1.29, 1.82) is 0 Å². The van der Waals surface area contributed by atoms with Crippen LogP contribution in [0.2, 0.25) is 0 Å². The molecule has 2 aromatic rings. The number of benzene rings is 1. The Labute approximate surface area is 219 Å². The van der Waals surface area contributed by atoms with E-state index in [1.807, 2.05) is 63.5 Å². The third kappa shape index (κ3) is 5.26. The largest absolute Gasteiger partial charge is 0.465 e. The molecule has 1 aromatic carbocycles. The van der Waals surface area contributed by atoms with E-state index >= 15 is 0 Å². The standard InChI is InChI=1S/C30H41NO6/c1-7-37-24(36)16-31-17(2)25(18-10-8-9-11-19(18)31)28(26-20(32)12-29(3,4)13-21(26)33)27-22(34)14-30(5,6)15-23(27)35/h8-11,20,22,26-28,32,34H,7,12-16H2,1-6H3/t20-,22-,26-,27-/m0/s1. The summed E-state index contributed by atoms with van der Waals surface area (Å²) >= 11 is 0. The van der Waals surface area contributed by atoms with Crippen molar-refractivity contribution in [3.8, 4) is 0 Å². The minimum absolute atomic E-state index is 0.00466. The Balaban J connectivity index is 1.93. The number of ketones is 2. The Bertz CT molecular complexity index is 1170. The van der Waals surface area contributed by atoms with Crippen molar-refractivity contribution in [1.82, 2.24) is 4.57 Å². The van der Waals surface area contributed by atoms with E-state index in [0.29, 0.717) is 25.7 Å². The number of aromatic nitrogens is 1. The fraction of sp³-hybridized carbons (Fsp3) is 0.633. The molecular formula is C30H41NO6. The predicted molar refractivity (Wildman–Crippen MR) is 141 cm³/mol. The van der Waals surface area contributed by atoms with Crippen molar-refractivity contribution in [3.05, 3.63) is 35.5 Å². The Hall–Kier alpha value is -2.51. The van der Waals surface area contributed by atoms with Gasteiger partial charge in [-0.05, 0) is 49.1 Å². The molecule has 2 aliphatic rings. The Morgan fingerprint density at radius 3 is 2.00 bits per heavy atom. The number of hydrogen-bond acceptors (Lipinski definition) is 6. The van der Waals surface area contributed by atoms with E-state index < -0.39 is 30.0 Å². The van der Waals surface area contributed by atoms with Gasteiger partial charge in [0.1, 0.15) is 18.1 Å². The monoisotopic (exact) mass is 511 g/mol. The maximum atomic E-state index is 13.7. The fourth-order valence-electron chi connectivity index (χ4n) is 7.02. The molecule has 0 amide bonds. The summed E-state index contributed by atoms with van der Waals surface area (Å²) in [5.74, 6) is -2.89. The van der Waals surface area contributed by atoms with Gasteiger partial charge in [-0.15, -0.1) is 0 Å². The maximum Gasteiger partial charge on any atom is 0.325 e. The lowest BCUT2D eigenvalue weighted by molar-refractivity contribution is -0.145. The summed E-state index contributed by atoms with van der Waals surface area (Å²) in [6.45, 7) is 11.8. The Morgan fingerprint density at radius 1 is 1.00 bits per heavy atom. The van der Waals surface area contributed by atoms with Gasteiger partial charge in [-0.1, -0.05) is 45.9 Å². The molecule has 37 heavy (non-hydrogen) atoms. The van der Waals surface area contributed by atoms with Gasteiger partial charge >= 0.3 is 5.97 Å². The van der Waals surface area contributed by atoms with Crippen LogP contribution >= 0.6 is 0 Å². The average molecular weight is 512 g/mol. The van der Waals surface area contributed by atoms with Gasteiger partial charge in [-0.3, -0.25) is 14.4 Å². The first kappa shape index (κ1) is 27.5. The summed E-state index contributed by atoms with van der Waals surface area (Å²) in [7, 11) is 0. The molecule has 7 heteroatoms. The first-order valence-electron chi connectivity index (χ1n) is 13.4. The van der Waals surface area contributed by atoms with Gasteiger partial charge in [0.2, 0.25) is 0 Å². The van der Waals surface area contributed by atoms with Crippen LogP contribution in [0.4, 0.5) is 0 Å². The van der Waals surface area contributed by atoms with Crippen molar-refractivity contribution < 1.29 is 29.3 Å². The van der Waals surface area contributed by atoms with Gasteiger partial charge in [0.15, 0.2) is 0 Å². The van der Waals surface area contributed by atoms with Crippen LogP contribution in [0.15, 0.2) is 24.3 Å². The van der Waals surface area contributed by atoms with Crippen molar-refractivity contribution in [2.24, 2.45) is 22.7 Å². The number of Topliss-reactive ketones (excluding diaryl/α,β-unsaturated/α-hetero) is 2. The highest BCUT2D eigenvalue weighted by atomic mass is 16.5. The first-order valence-corrected chi connectivity index (χ1v) is 13.4. The minimum Gasteiger partial charge on any atom is -0.465 e. The zero-order valence-corrected chi connectivity index (χ0v) is 22.9. The van der Waals surface area contributed by atoms with E-state index in [1.54, 1.807) is 6.92 Å². The smallest absolute Gasteiger partial charge is 0.325 e. The zero-order chi connectivity index (χ0) is 27.3. The second kappa shape index (κ2) is 9.99. The van der Waals surface area contributed by atoms with Crippen LogP contribution in [0, 0.1) is 29.6 Å². The van der Waals surface area contributed by atoms with Crippen LogP contribution in [0.25, 0.3) is 10.9 Å². The number of esters is 1. The van der Waals surface area contributed by atoms with Crippen LogP contribution in [0.1, 0.15) is 77.5 Å². The average Bonchev–Trinajstić information content (AvgIpc) is 3.01. The molecule has 1 heterocycles. The van der Waals surface area contributed by atoms with E-state index in [-0.39, 0.29) is 41.5 Å². The third-order valence-corrected chi connectivity index (χ3v) is 8.38. The van der Waals surface area contributed by atoms with Gasteiger partial charge in [0.25, 0.3) is 0 Å². The SMILES string of the molecule is CCOC(=O)Cn1c(C)c(C([C@@H]2C(=O)CC(C)(C)C[C@@H]2O)[C@@H]2C(=O)CC(C)(C)C[C@@H]2O)c2ccccc21. The zero-order valence-electron chi connectivity index (χ0n) is 22.9. The number of para-hydroxylation sites is 1. The van der Waals surface area contributed by atoms with Crippen LogP contribution in [-0.2, 0) is 25.7 Å². The van der Waals surface area contributed by atoms with E-state index in [2.05, 4.69) is 0 Å². The number of carbonyl (C=O) groups is 3. The number of aliphatic hydroxyl groups is 2. The quantitative estimate of drug-likeness (QED) is 0.560. The highest BCUT2D eigenvalue weighted by Crippen LogP contribution is 2.51. The second-order valence-electron chi connectivity index (χ2n) is 12.6. The molecule has 2 N–H and O–H groups in total. The second-order valence-corrected chi connectivity index (χ2v) is 12.6.